The number of carboxylic acids is 1. The van der Waals surface area contributed by atoms with Crippen molar-refractivity contribution < 1.29 is 32.6 Å². The molecule has 1 N–H and O–H groups in total. The van der Waals surface area contributed by atoms with Gasteiger partial charge in [0.2, 0.25) is 5.91 Å². The molecular weight excluding hydrogens is 423 g/mol. The lowest BCUT2D eigenvalue weighted by Crippen LogP contribution is -2.39. The number of rotatable bonds is 5. The number of nitrogens with zero attached hydrogens (tertiary/aromatic N) is 1. The van der Waals surface area contributed by atoms with Gasteiger partial charge in [-0.3, -0.25) is 4.79 Å². The number of anilines is 1. The highest BCUT2D eigenvalue weighted by Crippen LogP contribution is 2.44. The van der Waals surface area contributed by atoms with Crippen molar-refractivity contribution in [3.05, 3.63) is 53.1 Å². The van der Waals surface area contributed by atoms with Crippen molar-refractivity contribution in [2.45, 2.75) is 38.8 Å². The molecule has 0 atom stereocenters. The van der Waals surface area contributed by atoms with Crippen LogP contribution in [0.4, 0.5) is 18.9 Å². The number of fused-ring (bicyclic) bond motifs is 1. The molecule has 2 aromatic rings. The third-order valence-electron chi connectivity index (χ3n) is 5.50. The minimum absolute atomic E-state index is 0.0156. The number of aliphatic carboxylic acids is 1. The van der Waals surface area contributed by atoms with Gasteiger partial charge in [-0.15, -0.1) is 0 Å². The van der Waals surface area contributed by atoms with Crippen LogP contribution in [0, 0.1) is 6.92 Å². The number of ether oxygens (including phenoxy) is 1. The second-order valence-electron chi connectivity index (χ2n) is 8.53. The van der Waals surface area contributed by atoms with Crippen molar-refractivity contribution in [1.82, 2.24) is 0 Å². The molecule has 170 valence electrons. The normalized spacial score (nSPS) is 15.7. The van der Waals surface area contributed by atoms with Crippen LogP contribution in [0.5, 0.6) is 5.75 Å². The molecule has 1 heterocycles. The molecule has 3 rings (SSSR count). The predicted octanol–water partition coefficient (Wildman–Crippen LogP) is 5.35. The molecule has 0 spiro atoms. The Morgan fingerprint density at radius 2 is 1.91 bits per heavy atom. The first-order valence-electron chi connectivity index (χ1n) is 9.95. The molecule has 0 unspecified atom stereocenters. The van der Waals surface area contributed by atoms with Gasteiger partial charge in [0, 0.05) is 36.2 Å². The molecule has 2 aromatic carbocycles. The second-order valence-corrected chi connectivity index (χ2v) is 8.53. The smallest absolute Gasteiger partial charge is 0.422 e. The maximum Gasteiger partial charge on any atom is 0.422 e. The molecule has 1 amide bonds. The van der Waals surface area contributed by atoms with Gasteiger partial charge >= 0.3 is 12.1 Å². The zero-order chi connectivity index (χ0) is 23.8. The van der Waals surface area contributed by atoms with E-state index in [4.69, 9.17) is 9.84 Å². The first-order valence-corrected chi connectivity index (χ1v) is 9.95. The molecule has 1 aliphatic rings. The SMILES string of the molecule is Cc1cc2c(cc1-c1cc(/C=C/C(=O)O)ccc1OCC(F)(F)F)N(C)C(=O)CC2(C)C. The summed E-state index contributed by atoms with van der Waals surface area (Å²) in [5.41, 5.74) is 3.54. The molecule has 5 nitrogen and oxygen atoms in total. The highest BCUT2D eigenvalue weighted by molar-refractivity contribution is 5.98. The van der Waals surface area contributed by atoms with Crippen molar-refractivity contribution in [1.29, 1.82) is 0 Å². The monoisotopic (exact) mass is 447 g/mol. The van der Waals surface area contributed by atoms with Gasteiger partial charge in [-0.05, 0) is 53.5 Å². The van der Waals surface area contributed by atoms with Gasteiger partial charge in [-0.1, -0.05) is 26.0 Å². The Kier molecular flexibility index (Phi) is 6.09. The topological polar surface area (TPSA) is 66.8 Å². The molecule has 32 heavy (non-hydrogen) atoms. The van der Waals surface area contributed by atoms with Crippen molar-refractivity contribution in [3.63, 3.8) is 0 Å². The van der Waals surface area contributed by atoms with Crippen LogP contribution >= 0.6 is 0 Å². The number of alkyl halides is 3. The summed E-state index contributed by atoms with van der Waals surface area (Å²) in [7, 11) is 1.67. The average Bonchev–Trinajstić information content (AvgIpc) is 2.68. The molecule has 0 aromatic heterocycles. The van der Waals surface area contributed by atoms with Gasteiger partial charge < -0.3 is 14.7 Å². The fraction of sp³-hybridized carbons (Fsp3) is 0.333. The molecule has 8 heteroatoms. The molecular formula is C24H24F3NO4. The third kappa shape index (κ3) is 4.95. The molecule has 0 fully saturated rings. The Bertz CT molecular complexity index is 1100. The Balaban J connectivity index is 2.19. The first kappa shape index (κ1) is 23.4. The number of carbonyl (C=O) groups excluding carboxylic acids is 1. The van der Waals surface area contributed by atoms with Crippen LogP contribution in [0.25, 0.3) is 17.2 Å². The van der Waals surface area contributed by atoms with E-state index in [0.717, 1.165) is 17.2 Å². The van der Waals surface area contributed by atoms with E-state index in [2.05, 4.69) is 0 Å². The van der Waals surface area contributed by atoms with Gasteiger partial charge in [0.05, 0.1) is 0 Å². The number of amides is 1. The summed E-state index contributed by atoms with van der Waals surface area (Å²) < 4.78 is 43.5. The van der Waals surface area contributed by atoms with E-state index < -0.39 is 18.8 Å². The number of benzene rings is 2. The van der Waals surface area contributed by atoms with Gasteiger partial charge in [-0.2, -0.15) is 13.2 Å². The van der Waals surface area contributed by atoms with E-state index in [9.17, 15) is 22.8 Å². The quantitative estimate of drug-likeness (QED) is 0.628. The summed E-state index contributed by atoms with van der Waals surface area (Å²) in [6, 6.07) is 8.18. The van der Waals surface area contributed by atoms with Crippen LogP contribution in [0.1, 0.15) is 37.0 Å². The molecule has 0 radical (unpaired) electrons. The summed E-state index contributed by atoms with van der Waals surface area (Å²) in [5.74, 6) is -1.18. The van der Waals surface area contributed by atoms with Crippen LogP contribution in [0.15, 0.2) is 36.4 Å². The molecule has 0 saturated carbocycles. The number of hydrogen-bond acceptors (Lipinski definition) is 3. The summed E-state index contributed by atoms with van der Waals surface area (Å²) in [4.78, 5) is 24.9. The van der Waals surface area contributed by atoms with Gasteiger partial charge in [0.15, 0.2) is 6.61 Å². The minimum atomic E-state index is -4.51. The largest absolute Gasteiger partial charge is 0.483 e. The highest BCUT2D eigenvalue weighted by atomic mass is 19.4. The summed E-state index contributed by atoms with van der Waals surface area (Å²) in [6.07, 6.45) is -1.86. The van der Waals surface area contributed by atoms with Crippen LogP contribution in [-0.2, 0) is 15.0 Å². The maximum absolute atomic E-state index is 12.8. The summed E-state index contributed by atoms with van der Waals surface area (Å²) in [6.45, 7) is 4.34. The first-order chi connectivity index (χ1) is 14.8. The van der Waals surface area contributed by atoms with E-state index in [1.165, 1.54) is 18.2 Å². The van der Waals surface area contributed by atoms with E-state index in [0.29, 0.717) is 28.8 Å². The second kappa shape index (κ2) is 8.33. The fourth-order valence-electron chi connectivity index (χ4n) is 3.85. The van der Waals surface area contributed by atoms with E-state index in [-0.39, 0.29) is 17.1 Å². The van der Waals surface area contributed by atoms with E-state index in [1.54, 1.807) is 24.1 Å². The van der Waals surface area contributed by atoms with Crippen molar-refractivity contribution in [2.24, 2.45) is 0 Å². The van der Waals surface area contributed by atoms with Crippen LogP contribution in [0.3, 0.4) is 0 Å². The van der Waals surface area contributed by atoms with Gasteiger partial charge in [0.1, 0.15) is 5.75 Å². The minimum Gasteiger partial charge on any atom is -0.483 e. The standard InChI is InChI=1S/C24H24F3NO4/c1-14-9-18-19(28(4)21(29)12-23(18,2)3)11-16(14)17-10-15(6-8-22(30)31)5-7-20(17)32-13-24(25,26)27/h5-11H,12-13H2,1-4H3,(H,30,31)/b8-6+. The lowest BCUT2D eigenvalue weighted by atomic mass is 9.76. The molecule has 0 saturated heterocycles. The van der Waals surface area contributed by atoms with Crippen molar-refractivity contribution in [3.8, 4) is 16.9 Å². The number of carboxylic acid groups (broad SMARTS) is 1. The average molecular weight is 447 g/mol. The lowest BCUT2D eigenvalue weighted by Gasteiger charge is -2.37. The number of carbonyl (C=O) groups is 2. The fourth-order valence-corrected chi connectivity index (χ4v) is 3.85. The van der Waals surface area contributed by atoms with Crippen molar-refractivity contribution in [2.75, 3.05) is 18.6 Å². The zero-order valence-corrected chi connectivity index (χ0v) is 18.2. The number of hydrogen-bond donors (Lipinski definition) is 1. The van der Waals surface area contributed by atoms with Gasteiger partial charge in [-0.25, -0.2) is 4.79 Å². The van der Waals surface area contributed by atoms with Crippen LogP contribution in [0.2, 0.25) is 0 Å². The van der Waals surface area contributed by atoms with Gasteiger partial charge in [0.25, 0.3) is 0 Å². The van der Waals surface area contributed by atoms with E-state index in [1.807, 2.05) is 26.8 Å². The highest BCUT2D eigenvalue weighted by Gasteiger charge is 2.36. The molecule has 0 aliphatic carbocycles. The van der Waals surface area contributed by atoms with E-state index >= 15 is 0 Å². The number of halogens is 3. The predicted molar refractivity (Wildman–Crippen MR) is 116 cm³/mol. The Labute approximate surface area is 184 Å². The maximum atomic E-state index is 12.8. The zero-order valence-electron chi connectivity index (χ0n) is 18.2. The summed E-state index contributed by atoms with van der Waals surface area (Å²) >= 11 is 0. The van der Waals surface area contributed by atoms with Crippen LogP contribution < -0.4 is 9.64 Å². The summed E-state index contributed by atoms with van der Waals surface area (Å²) in [5, 5.41) is 8.90. The Morgan fingerprint density at radius 1 is 1.22 bits per heavy atom. The van der Waals surface area contributed by atoms with Crippen molar-refractivity contribution >= 4 is 23.6 Å². The Hall–Kier alpha value is -3.29. The lowest BCUT2D eigenvalue weighted by molar-refractivity contribution is -0.153. The number of aryl methyl sites for hydroxylation is 1. The van der Waals surface area contributed by atoms with Crippen LogP contribution in [-0.4, -0.2) is 36.8 Å². The Morgan fingerprint density at radius 3 is 2.53 bits per heavy atom. The molecule has 0 bridgehead atoms. The molecule has 1 aliphatic heterocycles. The third-order valence-corrected chi connectivity index (χ3v) is 5.50.